The van der Waals surface area contributed by atoms with Crippen LogP contribution in [-0.2, 0) is 11.3 Å². The fourth-order valence-electron chi connectivity index (χ4n) is 2.82. The lowest BCUT2D eigenvalue weighted by Crippen LogP contribution is -2.24. The monoisotopic (exact) mass is 359 g/mol. The molecule has 136 valence electrons. The lowest BCUT2D eigenvalue weighted by Gasteiger charge is -2.27. The van der Waals surface area contributed by atoms with Gasteiger partial charge in [0.15, 0.2) is 17.0 Å². The smallest absolute Gasteiger partial charge is 0.312 e. The largest absolute Gasteiger partial charge is 0.497 e. The van der Waals surface area contributed by atoms with Crippen molar-refractivity contribution in [1.82, 2.24) is 19.5 Å². The summed E-state index contributed by atoms with van der Waals surface area (Å²) in [4.78, 5) is 12.0. The SMILES string of the molecule is COc1cc(CNc2nc(F)nc3c2ncn3C2CCO2)cc(OC)c1. The molecule has 0 bridgehead atoms. The van der Waals surface area contributed by atoms with Crippen LogP contribution < -0.4 is 14.8 Å². The molecule has 1 saturated heterocycles. The van der Waals surface area contributed by atoms with E-state index in [9.17, 15) is 4.39 Å². The maximum Gasteiger partial charge on any atom is 0.312 e. The average Bonchev–Trinajstić information content (AvgIpc) is 3.01. The number of imidazole rings is 1. The molecule has 1 atom stereocenters. The highest BCUT2D eigenvalue weighted by Gasteiger charge is 2.24. The van der Waals surface area contributed by atoms with Gasteiger partial charge in [-0.3, -0.25) is 4.57 Å². The molecule has 4 rings (SSSR count). The van der Waals surface area contributed by atoms with Gasteiger partial charge in [-0.1, -0.05) is 0 Å². The Kier molecular flexibility index (Phi) is 4.29. The highest BCUT2D eigenvalue weighted by atomic mass is 19.1. The van der Waals surface area contributed by atoms with Gasteiger partial charge in [0.1, 0.15) is 17.7 Å². The first-order valence-corrected chi connectivity index (χ1v) is 8.15. The molecule has 3 heterocycles. The Hall–Kier alpha value is -2.94. The van der Waals surface area contributed by atoms with Crippen LogP contribution in [0.3, 0.4) is 0 Å². The number of fused-ring (bicyclic) bond motifs is 1. The number of ether oxygens (including phenoxy) is 3. The number of benzene rings is 1. The van der Waals surface area contributed by atoms with Crippen LogP contribution in [-0.4, -0.2) is 40.3 Å². The zero-order valence-electron chi connectivity index (χ0n) is 14.4. The van der Waals surface area contributed by atoms with E-state index in [0.717, 1.165) is 12.0 Å². The number of hydrogen-bond donors (Lipinski definition) is 1. The highest BCUT2D eigenvalue weighted by Crippen LogP contribution is 2.29. The molecule has 1 N–H and O–H groups in total. The molecule has 1 aromatic carbocycles. The number of hydrogen-bond acceptors (Lipinski definition) is 7. The Morgan fingerprint density at radius 2 is 1.96 bits per heavy atom. The molecule has 9 heteroatoms. The average molecular weight is 359 g/mol. The van der Waals surface area contributed by atoms with E-state index in [1.165, 1.54) is 0 Å². The van der Waals surface area contributed by atoms with Crippen molar-refractivity contribution in [2.75, 3.05) is 26.1 Å². The van der Waals surface area contributed by atoms with Crippen LogP contribution >= 0.6 is 0 Å². The summed E-state index contributed by atoms with van der Waals surface area (Å²) in [5, 5.41) is 3.12. The molecule has 26 heavy (non-hydrogen) atoms. The van der Waals surface area contributed by atoms with Crippen molar-refractivity contribution in [2.45, 2.75) is 19.2 Å². The number of nitrogens with zero attached hydrogens (tertiary/aromatic N) is 4. The Balaban J connectivity index is 1.62. The van der Waals surface area contributed by atoms with E-state index in [1.807, 2.05) is 12.1 Å². The maximum atomic E-state index is 13.9. The molecule has 0 saturated carbocycles. The summed E-state index contributed by atoms with van der Waals surface area (Å²) in [7, 11) is 3.18. The number of methoxy groups -OCH3 is 2. The van der Waals surface area contributed by atoms with Gasteiger partial charge in [-0.2, -0.15) is 14.4 Å². The van der Waals surface area contributed by atoms with Gasteiger partial charge in [0.05, 0.1) is 27.2 Å². The summed E-state index contributed by atoms with van der Waals surface area (Å²) < 4.78 is 31.6. The minimum Gasteiger partial charge on any atom is -0.497 e. The van der Waals surface area contributed by atoms with Crippen LogP contribution in [0.2, 0.25) is 0 Å². The molecule has 0 aliphatic carbocycles. The van der Waals surface area contributed by atoms with E-state index in [1.54, 1.807) is 31.2 Å². The standard InChI is InChI=1S/C17H18FN5O3/c1-24-11-5-10(6-12(7-11)25-2)8-19-15-14-16(22-17(18)21-15)23(9-20-14)13-3-4-26-13/h5-7,9,13H,3-4,8H2,1-2H3,(H,19,21,22). The number of aromatic nitrogens is 4. The Morgan fingerprint density at radius 3 is 2.58 bits per heavy atom. The highest BCUT2D eigenvalue weighted by molar-refractivity contribution is 5.82. The van der Waals surface area contributed by atoms with E-state index in [4.69, 9.17) is 14.2 Å². The second-order valence-corrected chi connectivity index (χ2v) is 5.85. The van der Waals surface area contributed by atoms with Crippen LogP contribution in [0.5, 0.6) is 11.5 Å². The van der Waals surface area contributed by atoms with E-state index in [0.29, 0.717) is 41.6 Å². The summed E-state index contributed by atoms with van der Waals surface area (Å²) in [6.07, 6.45) is 1.49. The van der Waals surface area contributed by atoms with Crippen molar-refractivity contribution < 1.29 is 18.6 Å². The summed E-state index contributed by atoms with van der Waals surface area (Å²) in [5.41, 5.74) is 1.81. The second kappa shape index (κ2) is 6.75. The third-order valence-electron chi connectivity index (χ3n) is 4.25. The van der Waals surface area contributed by atoms with Crippen LogP contribution in [0, 0.1) is 6.08 Å². The third-order valence-corrected chi connectivity index (χ3v) is 4.25. The lowest BCUT2D eigenvalue weighted by molar-refractivity contribution is -0.0974. The van der Waals surface area contributed by atoms with E-state index in [-0.39, 0.29) is 6.23 Å². The van der Waals surface area contributed by atoms with Gasteiger partial charge in [0.2, 0.25) is 0 Å². The van der Waals surface area contributed by atoms with E-state index < -0.39 is 6.08 Å². The first kappa shape index (κ1) is 16.5. The Labute approximate surface area is 148 Å². The second-order valence-electron chi connectivity index (χ2n) is 5.85. The minimum absolute atomic E-state index is 0.148. The Morgan fingerprint density at radius 1 is 1.23 bits per heavy atom. The molecule has 1 fully saturated rings. The van der Waals surface area contributed by atoms with Gasteiger partial charge in [-0.15, -0.1) is 0 Å². The first-order valence-electron chi connectivity index (χ1n) is 8.15. The van der Waals surface area contributed by atoms with Crippen LogP contribution in [0.1, 0.15) is 18.2 Å². The lowest BCUT2D eigenvalue weighted by atomic mass is 10.2. The van der Waals surface area contributed by atoms with Gasteiger partial charge in [0.25, 0.3) is 0 Å². The summed E-state index contributed by atoms with van der Waals surface area (Å²) in [5.74, 6) is 1.67. The summed E-state index contributed by atoms with van der Waals surface area (Å²) in [6.45, 7) is 1.08. The van der Waals surface area contributed by atoms with Gasteiger partial charge in [-0.25, -0.2) is 4.98 Å². The van der Waals surface area contributed by atoms with Gasteiger partial charge in [-0.05, 0) is 17.7 Å². The molecule has 1 unspecified atom stereocenters. The summed E-state index contributed by atoms with van der Waals surface area (Å²) in [6, 6.07) is 5.52. The molecule has 0 amide bonds. The van der Waals surface area contributed by atoms with E-state index >= 15 is 0 Å². The topological polar surface area (TPSA) is 83.3 Å². The molecule has 8 nitrogen and oxygen atoms in total. The number of halogens is 1. The maximum absolute atomic E-state index is 13.9. The molecule has 0 radical (unpaired) electrons. The third kappa shape index (κ3) is 3.01. The van der Waals surface area contributed by atoms with Gasteiger partial charge < -0.3 is 19.5 Å². The van der Waals surface area contributed by atoms with Crippen molar-refractivity contribution in [3.05, 3.63) is 36.2 Å². The van der Waals surface area contributed by atoms with Crippen LogP contribution in [0.25, 0.3) is 11.2 Å². The Bertz CT molecular complexity index is 919. The predicted molar refractivity (Wildman–Crippen MR) is 91.8 cm³/mol. The molecule has 1 aliphatic heterocycles. The predicted octanol–water partition coefficient (Wildman–Crippen LogP) is 2.51. The van der Waals surface area contributed by atoms with Crippen molar-refractivity contribution >= 4 is 17.0 Å². The molecule has 3 aromatic rings. The number of nitrogens with one attached hydrogen (secondary N) is 1. The minimum atomic E-state index is -0.815. The quantitative estimate of drug-likeness (QED) is 0.677. The van der Waals surface area contributed by atoms with Crippen LogP contribution in [0.4, 0.5) is 10.2 Å². The zero-order valence-corrected chi connectivity index (χ0v) is 14.4. The van der Waals surface area contributed by atoms with Crippen molar-refractivity contribution in [3.8, 4) is 11.5 Å². The van der Waals surface area contributed by atoms with Crippen LogP contribution in [0.15, 0.2) is 24.5 Å². The van der Waals surface area contributed by atoms with Crippen molar-refractivity contribution in [3.63, 3.8) is 0 Å². The van der Waals surface area contributed by atoms with Gasteiger partial charge >= 0.3 is 6.08 Å². The molecular weight excluding hydrogens is 341 g/mol. The molecule has 1 aliphatic rings. The fourth-order valence-corrected chi connectivity index (χ4v) is 2.82. The number of rotatable bonds is 6. The molecular formula is C17H18FN5O3. The molecule has 0 spiro atoms. The molecule has 2 aromatic heterocycles. The van der Waals surface area contributed by atoms with Gasteiger partial charge in [0, 0.05) is 19.0 Å². The van der Waals surface area contributed by atoms with Crippen molar-refractivity contribution in [1.29, 1.82) is 0 Å². The summed E-state index contributed by atoms with van der Waals surface area (Å²) >= 11 is 0. The fraction of sp³-hybridized carbons (Fsp3) is 0.353. The number of anilines is 1. The normalized spacial score (nSPS) is 16.3. The zero-order chi connectivity index (χ0) is 18.1. The van der Waals surface area contributed by atoms with E-state index in [2.05, 4.69) is 20.3 Å². The van der Waals surface area contributed by atoms with Crippen molar-refractivity contribution in [2.24, 2.45) is 0 Å². The first-order chi connectivity index (χ1) is 12.7.